The first-order valence-corrected chi connectivity index (χ1v) is 15.6. The SMILES string of the molecule is CCOC(=O)N(C)CCN(C)C(=O)OCc1ccc(NC(=O)CNC(=O)C(NC(=O)CCCCCN2C(=O)C=CC2=O)C(C)C)cc1. The van der Waals surface area contributed by atoms with Crippen molar-refractivity contribution < 1.29 is 43.0 Å². The number of likely N-dealkylation sites (N-methyl/N-ethyl adjacent to an activating group) is 2. The molecule has 0 saturated carbocycles. The number of unbranched alkanes of at least 4 members (excludes halogenated alkanes) is 2. The number of carbonyl (C=O) groups excluding carboxylic acids is 7. The Morgan fingerprint density at radius 3 is 2.00 bits per heavy atom. The molecule has 1 aliphatic heterocycles. The first kappa shape index (κ1) is 38.2. The summed E-state index contributed by atoms with van der Waals surface area (Å²) in [5, 5.41) is 7.96. The van der Waals surface area contributed by atoms with Gasteiger partial charge in [-0.15, -0.1) is 0 Å². The molecule has 258 valence electrons. The molecule has 15 nitrogen and oxygen atoms in total. The molecular formula is C32H46N6O9. The topological polar surface area (TPSA) is 184 Å². The third kappa shape index (κ3) is 13.5. The molecule has 15 heteroatoms. The third-order valence-electron chi connectivity index (χ3n) is 7.14. The van der Waals surface area contributed by atoms with Crippen molar-refractivity contribution in [3.05, 3.63) is 42.0 Å². The van der Waals surface area contributed by atoms with Crippen LogP contribution in [0, 0.1) is 5.92 Å². The highest BCUT2D eigenvalue weighted by Crippen LogP contribution is 2.12. The minimum Gasteiger partial charge on any atom is -0.450 e. The highest BCUT2D eigenvalue weighted by molar-refractivity contribution is 6.12. The minimum atomic E-state index is -0.833. The van der Waals surface area contributed by atoms with Gasteiger partial charge in [0, 0.05) is 58.0 Å². The molecule has 7 amide bonds. The van der Waals surface area contributed by atoms with Gasteiger partial charge in [0.25, 0.3) is 11.8 Å². The Bertz CT molecular complexity index is 1280. The van der Waals surface area contributed by atoms with Gasteiger partial charge in [0.15, 0.2) is 0 Å². The van der Waals surface area contributed by atoms with Gasteiger partial charge in [-0.1, -0.05) is 32.4 Å². The van der Waals surface area contributed by atoms with Crippen LogP contribution in [0.2, 0.25) is 0 Å². The quantitative estimate of drug-likeness (QED) is 0.157. The summed E-state index contributed by atoms with van der Waals surface area (Å²) >= 11 is 0. The monoisotopic (exact) mass is 658 g/mol. The fourth-order valence-electron chi connectivity index (χ4n) is 4.30. The van der Waals surface area contributed by atoms with E-state index in [1.165, 1.54) is 22.0 Å². The summed E-state index contributed by atoms with van der Waals surface area (Å²) < 4.78 is 10.2. The zero-order valence-electron chi connectivity index (χ0n) is 27.7. The summed E-state index contributed by atoms with van der Waals surface area (Å²) in [6, 6.07) is 5.80. The van der Waals surface area contributed by atoms with Crippen molar-refractivity contribution in [2.24, 2.45) is 5.92 Å². The number of amides is 7. The Morgan fingerprint density at radius 2 is 1.43 bits per heavy atom. The molecule has 0 aliphatic carbocycles. The summed E-state index contributed by atoms with van der Waals surface area (Å²) in [4.78, 5) is 88.7. The van der Waals surface area contributed by atoms with E-state index in [0.717, 1.165) is 4.90 Å². The van der Waals surface area contributed by atoms with E-state index in [1.54, 1.807) is 59.1 Å². The van der Waals surface area contributed by atoms with Gasteiger partial charge >= 0.3 is 12.2 Å². The Morgan fingerprint density at radius 1 is 0.830 bits per heavy atom. The molecular weight excluding hydrogens is 612 g/mol. The van der Waals surface area contributed by atoms with Crippen LogP contribution in [0.5, 0.6) is 0 Å². The first-order chi connectivity index (χ1) is 22.3. The number of nitrogens with one attached hydrogen (secondary N) is 3. The summed E-state index contributed by atoms with van der Waals surface area (Å²) in [7, 11) is 3.14. The summed E-state index contributed by atoms with van der Waals surface area (Å²) in [6.07, 6.45) is 3.34. The molecule has 1 aliphatic rings. The lowest BCUT2D eigenvalue weighted by Crippen LogP contribution is -2.51. The molecule has 1 unspecified atom stereocenters. The van der Waals surface area contributed by atoms with Crippen molar-refractivity contribution in [3.63, 3.8) is 0 Å². The number of carbonyl (C=O) groups is 7. The van der Waals surface area contributed by atoms with Crippen LogP contribution in [0.15, 0.2) is 36.4 Å². The molecule has 0 fully saturated rings. The molecule has 1 aromatic carbocycles. The van der Waals surface area contributed by atoms with Gasteiger partial charge in [-0.05, 0) is 43.4 Å². The first-order valence-electron chi connectivity index (χ1n) is 15.6. The molecule has 1 heterocycles. The fraction of sp³-hybridized carbons (Fsp3) is 0.531. The predicted octanol–water partition coefficient (Wildman–Crippen LogP) is 2.02. The smallest absolute Gasteiger partial charge is 0.409 e. The molecule has 2 rings (SSSR count). The number of nitrogens with zero attached hydrogens (tertiary/aromatic N) is 3. The molecule has 47 heavy (non-hydrogen) atoms. The van der Waals surface area contributed by atoms with Gasteiger partial charge in [-0.25, -0.2) is 9.59 Å². The molecule has 0 aromatic heterocycles. The number of imide groups is 1. The summed E-state index contributed by atoms with van der Waals surface area (Å²) in [6.45, 7) is 6.06. The Balaban J connectivity index is 1.68. The van der Waals surface area contributed by atoms with Gasteiger partial charge in [-0.3, -0.25) is 28.9 Å². The Kier molecular flexibility index (Phi) is 15.9. The van der Waals surface area contributed by atoms with Gasteiger partial charge in [0.05, 0.1) is 13.2 Å². The van der Waals surface area contributed by atoms with E-state index in [2.05, 4.69) is 16.0 Å². The minimum absolute atomic E-state index is 0.00180. The van der Waals surface area contributed by atoms with Crippen LogP contribution in [-0.4, -0.2) is 109 Å². The van der Waals surface area contributed by atoms with E-state index in [-0.39, 0.29) is 62.9 Å². The van der Waals surface area contributed by atoms with E-state index in [1.807, 2.05) is 0 Å². The second-order valence-corrected chi connectivity index (χ2v) is 11.3. The van der Waals surface area contributed by atoms with Crippen LogP contribution in [-0.2, 0) is 40.1 Å². The molecule has 1 atom stereocenters. The van der Waals surface area contributed by atoms with Gasteiger partial charge in [-0.2, -0.15) is 0 Å². The lowest BCUT2D eigenvalue weighted by atomic mass is 10.0. The average Bonchev–Trinajstić information content (AvgIpc) is 3.36. The van der Waals surface area contributed by atoms with E-state index in [0.29, 0.717) is 37.1 Å². The zero-order chi connectivity index (χ0) is 34.9. The predicted molar refractivity (Wildman–Crippen MR) is 172 cm³/mol. The average molecular weight is 659 g/mol. The van der Waals surface area contributed by atoms with Crippen molar-refractivity contribution >= 4 is 47.4 Å². The highest BCUT2D eigenvalue weighted by Gasteiger charge is 2.25. The van der Waals surface area contributed by atoms with Crippen LogP contribution in [0.25, 0.3) is 0 Å². The molecule has 0 bridgehead atoms. The number of ether oxygens (including phenoxy) is 2. The maximum absolute atomic E-state index is 12.8. The number of benzene rings is 1. The lowest BCUT2D eigenvalue weighted by molar-refractivity contribution is -0.137. The van der Waals surface area contributed by atoms with E-state index in [4.69, 9.17) is 9.47 Å². The van der Waals surface area contributed by atoms with Crippen molar-refractivity contribution in [1.29, 1.82) is 0 Å². The normalized spacial score (nSPS) is 12.9. The van der Waals surface area contributed by atoms with Gasteiger partial charge in [0.2, 0.25) is 17.7 Å². The number of hydrogen-bond acceptors (Lipinski definition) is 9. The lowest BCUT2D eigenvalue weighted by Gasteiger charge is -2.22. The molecule has 0 radical (unpaired) electrons. The summed E-state index contributed by atoms with van der Waals surface area (Å²) in [5.41, 5.74) is 1.16. The van der Waals surface area contributed by atoms with Crippen LogP contribution >= 0.6 is 0 Å². The van der Waals surface area contributed by atoms with Crippen molar-refractivity contribution in [3.8, 4) is 0 Å². The largest absolute Gasteiger partial charge is 0.450 e. The summed E-state index contributed by atoms with van der Waals surface area (Å²) in [5.74, 6) is -2.16. The van der Waals surface area contributed by atoms with E-state index in [9.17, 15) is 33.6 Å². The van der Waals surface area contributed by atoms with Crippen LogP contribution in [0.3, 0.4) is 0 Å². The fourth-order valence-corrected chi connectivity index (χ4v) is 4.30. The molecule has 0 saturated heterocycles. The highest BCUT2D eigenvalue weighted by atomic mass is 16.6. The van der Waals surface area contributed by atoms with Crippen LogP contribution in [0.4, 0.5) is 15.3 Å². The van der Waals surface area contributed by atoms with E-state index < -0.39 is 30.0 Å². The maximum atomic E-state index is 12.8. The number of rotatable bonds is 18. The van der Waals surface area contributed by atoms with Crippen molar-refractivity contribution in [2.75, 3.05) is 52.2 Å². The Labute approximate surface area is 275 Å². The maximum Gasteiger partial charge on any atom is 0.409 e. The third-order valence-corrected chi connectivity index (χ3v) is 7.14. The molecule has 0 spiro atoms. The van der Waals surface area contributed by atoms with Crippen LogP contribution in [0.1, 0.15) is 52.0 Å². The standard InChI is InChI=1S/C32H46N6O9/c1-6-46-31(44)36(4)18-19-37(5)32(45)47-21-23-11-13-24(14-12-23)34-26(40)20-33-30(43)29(22(2)3)35-25(39)10-8-7-9-17-38-27(41)15-16-28(38)42/h11-16,22,29H,6-10,17-21H2,1-5H3,(H,33,43)(H,34,40)(H,35,39). The van der Waals surface area contributed by atoms with Crippen LogP contribution < -0.4 is 16.0 Å². The van der Waals surface area contributed by atoms with Gasteiger partial charge in [0.1, 0.15) is 12.6 Å². The Hall–Kier alpha value is -4.95. The molecule has 3 N–H and O–H groups in total. The zero-order valence-corrected chi connectivity index (χ0v) is 27.7. The van der Waals surface area contributed by atoms with Gasteiger partial charge < -0.3 is 35.2 Å². The number of anilines is 1. The van der Waals surface area contributed by atoms with E-state index >= 15 is 0 Å². The van der Waals surface area contributed by atoms with Crippen molar-refractivity contribution in [1.82, 2.24) is 25.3 Å². The number of hydrogen-bond donors (Lipinski definition) is 3. The second kappa shape index (κ2) is 19.5. The van der Waals surface area contributed by atoms with Crippen molar-refractivity contribution in [2.45, 2.75) is 59.1 Å². The molecule has 1 aromatic rings. The second-order valence-electron chi connectivity index (χ2n) is 11.3.